The summed E-state index contributed by atoms with van der Waals surface area (Å²) in [5.41, 5.74) is 3.75. The average molecular weight is 310 g/mol. The van der Waals surface area contributed by atoms with Crippen LogP contribution < -0.4 is 5.32 Å². The molecule has 1 aromatic carbocycles. The summed E-state index contributed by atoms with van der Waals surface area (Å²) in [6.07, 6.45) is 1.84. The van der Waals surface area contributed by atoms with Crippen LogP contribution in [0.15, 0.2) is 36.5 Å². The Morgan fingerprint density at radius 3 is 2.74 bits per heavy atom. The van der Waals surface area contributed by atoms with Gasteiger partial charge in [0.1, 0.15) is 5.69 Å². The Hall–Kier alpha value is -2.96. The molecule has 0 fully saturated rings. The van der Waals surface area contributed by atoms with Gasteiger partial charge in [-0.25, -0.2) is 0 Å². The van der Waals surface area contributed by atoms with Gasteiger partial charge >= 0.3 is 0 Å². The summed E-state index contributed by atoms with van der Waals surface area (Å²) in [4.78, 5) is 12.5. The summed E-state index contributed by atoms with van der Waals surface area (Å²) in [6, 6.07) is 9.65. The lowest BCUT2D eigenvalue weighted by atomic mass is 10.1. The molecule has 0 aliphatic rings. The highest BCUT2D eigenvalue weighted by Gasteiger charge is 2.18. The Kier molecular flexibility index (Phi) is 4.18. The first-order chi connectivity index (χ1) is 11.1. The number of hydrogen-bond acceptors (Lipinski definition) is 4. The zero-order valence-corrected chi connectivity index (χ0v) is 13.1. The number of aromatic nitrogens is 5. The number of nitrogens with zero attached hydrogens (tertiary/aromatic N) is 4. The highest BCUT2D eigenvalue weighted by molar-refractivity contribution is 6.01. The minimum Gasteiger partial charge on any atom is -0.350 e. The van der Waals surface area contributed by atoms with Gasteiger partial charge in [0.2, 0.25) is 0 Å². The molecule has 0 aliphatic heterocycles. The third-order valence-corrected chi connectivity index (χ3v) is 3.50. The number of rotatable bonds is 5. The Labute approximate surface area is 133 Å². The van der Waals surface area contributed by atoms with Gasteiger partial charge in [0, 0.05) is 24.0 Å². The van der Waals surface area contributed by atoms with E-state index in [0.717, 1.165) is 17.0 Å². The van der Waals surface area contributed by atoms with Crippen molar-refractivity contribution in [3.05, 3.63) is 53.5 Å². The molecule has 2 N–H and O–H groups in total. The number of benzene rings is 1. The van der Waals surface area contributed by atoms with Gasteiger partial charge in [-0.15, -0.1) is 5.10 Å². The van der Waals surface area contributed by atoms with Crippen LogP contribution in [0.25, 0.3) is 11.3 Å². The Balaban J connectivity index is 1.71. The Morgan fingerprint density at radius 1 is 1.26 bits per heavy atom. The number of carbonyl (C=O) groups excluding carboxylic acids is 1. The Morgan fingerprint density at radius 2 is 2.04 bits per heavy atom. The van der Waals surface area contributed by atoms with Crippen LogP contribution in [-0.4, -0.2) is 37.6 Å². The van der Waals surface area contributed by atoms with E-state index in [1.54, 1.807) is 4.68 Å². The molecule has 23 heavy (non-hydrogen) atoms. The van der Waals surface area contributed by atoms with Crippen LogP contribution in [0.1, 0.15) is 21.7 Å². The molecule has 0 atom stereocenters. The number of amides is 1. The zero-order valence-electron chi connectivity index (χ0n) is 13.1. The molecule has 0 bridgehead atoms. The number of hydrogen-bond donors (Lipinski definition) is 2. The number of nitrogens with one attached hydrogen (secondary N) is 2. The van der Waals surface area contributed by atoms with Crippen LogP contribution in [0.4, 0.5) is 0 Å². The number of H-pyrrole nitrogens is 1. The fourth-order valence-electron chi connectivity index (χ4n) is 2.39. The van der Waals surface area contributed by atoms with Crippen molar-refractivity contribution in [1.29, 1.82) is 0 Å². The molecule has 0 saturated carbocycles. The van der Waals surface area contributed by atoms with E-state index in [-0.39, 0.29) is 5.91 Å². The maximum Gasteiger partial charge on any atom is 0.255 e. The van der Waals surface area contributed by atoms with E-state index in [9.17, 15) is 4.79 Å². The quantitative estimate of drug-likeness (QED) is 0.751. The molecule has 0 radical (unpaired) electrons. The molecular weight excluding hydrogens is 292 g/mol. The average Bonchev–Trinajstić information content (AvgIpc) is 3.14. The van der Waals surface area contributed by atoms with E-state index in [1.165, 1.54) is 0 Å². The Bertz CT molecular complexity index is 805. The molecule has 0 unspecified atom stereocenters. The predicted octanol–water partition coefficient (Wildman–Crippen LogP) is 1.72. The van der Waals surface area contributed by atoms with Crippen molar-refractivity contribution in [2.45, 2.75) is 20.4 Å². The first kappa shape index (κ1) is 15.0. The monoisotopic (exact) mass is 310 g/mol. The lowest BCUT2D eigenvalue weighted by Gasteiger charge is -2.06. The largest absolute Gasteiger partial charge is 0.350 e. The van der Waals surface area contributed by atoms with Gasteiger partial charge in [0.25, 0.3) is 5.91 Å². The topological polar surface area (TPSA) is 88.5 Å². The van der Waals surface area contributed by atoms with Crippen molar-refractivity contribution in [1.82, 2.24) is 30.5 Å². The van der Waals surface area contributed by atoms with Crippen molar-refractivity contribution in [3.8, 4) is 11.3 Å². The van der Waals surface area contributed by atoms with E-state index >= 15 is 0 Å². The lowest BCUT2D eigenvalue weighted by Crippen LogP contribution is -2.28. The minimum atomic E-state index is -0.146. The van der Waals surface area contributed by atoms with Crippen molar-refractivity contribution in [3.63, 3.8) is 0 Å². The standard InChI is InChI=1S/C16H18N6O/c1-11-10-22(21-18-11)9-8-17-16(23)14-12(2)19-20-15(14)13-6-4-3-5-7-13/h3-7,10H,8-9H2,1-2H3,(H,17,23)(H,19,20). The molecule has 2 aromatic heterocycles. The molecule has 3 aromatic rings. The molecule has 118 valence electrons. The molecule has 2 heterocycles. The van der Waals surface area contributed by atoms with E-state index < -0.39 is 0 Å². The summed E-state index contributed by atoms with van der Waals surface area (Å²) in [6.45, 7) is 4.77. The summed E-state index contributed by atoms with van der Waals surface area (Å²) in [5, 5.41) is 17.9. The van der Waals surface area contributed by atoms with E-state index in [2.05, 4.69) is 25.8 Å². The normalized spacial score (nSPS) is 10.7. The van der Waals surface area contributed by atoms with E-state index in [0.29, 0.717) is 24.3 Å². The first-order valence-electron chi connectivity index (χ1n) is 7.40. The van der Waals surface area contributed by atoms with Crippen LogP contribution in [0.3, 0.4) is 0 Å². The number of carbonyl (C=O) groups is 1. The molecule has 7 heteroatoms. The second-order valence-corrected chi connectivity index (χ2v) is 5.32. The summed E-state index contributed by atoms with van der Waals surface area (Å²) in [5.74, 6) is -0.146. The number of aromatic amines is 1. The zero-order chi connectivity index (χ0) is 16.2. The van der Waals surface area contributed by atoms with Gasteiger partial charge in [0.15, 0.2) is 0 Å². The second-order valence-electron chi connectivity index (χ2n) is 5.32. The van der Waals surface area contributed by atoms with E-state index in [4.69, 9.17) is 0 Å². The van der Waals surface area contributed by atoms with Crippen LogP contribution in [0.2, 0.25) is 0 Å². The SMILES string of the molecule is Cc1cn(CCNC(=O)c2c(-c3ccccc3)n[nH]c2C)nn1. The molecule has 1 amide bonds. The fraction of sp³-hybridized carbons (Fsp3) is 0.250. The molecule has 7 nitrogen and oxygen atoms in total. The van der Waals surface area contributed by atoms with E-state index in [1.807, 2.05) is 50.4 Å². The van der Waals surface area contributed by atoms with Crippen molar-refractivity contribution >= 4 is 5.91 Å². The van der Waals surface area contributed by atoms with Gasteiger partial charge in [-0.05, 0) is 13.8 Å². The van der Waals surface area contributed by atoms with Gasteiger partial charge in [-0.2, -0.15) is 5.10 Å². The van der Waals surface area contributed by atoms with Crippen molar-refractivity contribution in [2.75, 3.05) is 6.54 Å². The van der Waals surface area contributed by atoms with Crippen LogP contribution in [-0.2, 0) is 6.54 Å². The lowest BCUT2D eigenvalue weighted by molar-refractivity contribution is 0.0952. The molecular formula is C16H18N6O. The third-order valence-electron chi connectivity index (χ3n) is 3.50. The van der Waals surface area contributed by atoms with Crippen molar-refractivity contribution in [2.24, 2.45) is 0 Å². The smallest absolute Gasteiger partial charge is 0.255 e. The van der Waals surface area contributed by atoms with Gasteiger partial charge in [0.05, 0.1) is 17.8 Å². The van der Waals surface area contributed by atoms with Gasteiger partial charge < -0.3 is 5.32 Å². The van der Waals surface area contributed by atoms with Gasteiger partial charge in [-0.3, -0.25) is 14.6 Å². The van der Waals surface area contributed by atoms with Gasteiger partial charge in [-0.1, -0.05) is 35.5 Å². The summed E-state index contributed by atoms with van der Waals surface area (Å²) in [7, 11) is 0. The minimum absolute atomic E-state index is 0.146. The molecule has 0 spiro atoms. The summed E-state index contributed by atoms with van der Waals surface area (Å²) >= 11 is 0. The van der Waals surface area contributed by atoms with Crippen LogP contribution in [0, 0.1) is 13.8 Å². The molecule has 0 saturated heterocycles. The fourth-order valence-corrected chi connectivity index (χ4v) is 2.39. The van der Waals surface area contributed by atoms with Crippen LogP contribution >= 0.6 is 0 Å². The second kappa shape index (κ2) is 6.43. The van der Waals surface area contributed by atoms with Crippen molar-refractivity contribution < 1.29 is 4.79 Å². The number of aryl methyl sites for hydroxylation is 2. The summed E-state index contributed by atoms with van der Waals surface area (Å²) < 4.78 is 1.70. The molecule has 3 rings (SSSR count). The third kappa shape index (κ3) is 3.28. The van der Waals surface area contributed by atoms with Crippen LogP contribution in [0.5, 0.6) is 0 Å². The molecule has 0 aliphatic carbocycles. The highest BCUT2D eigenvalue weighted by Crippen LogP contribution is 2.23. The maximum atomic E-state index is 12.5. The highest BCUT2D eigenvalue weighted by atomic mass is 16.1. The maximum absolute atomic E-state index is 12.5. The first-order valence-corrected chi connectivity index (χ1v) is 7.40. The predicted molar refractivity (Wildman–Crippen MR) is 85.9 cm³/mol.